The fraction of sp³-hybridized carbons (Fsp3) is 0.294. The van der Waals surface area contributed by atoms with Crippen LogP contribution in [0.15, 0.2) is 42.0 Å². The smallest absolute Gasteiger partial charge is 0.127 e. The predicted octanol–water partition coefficient (Wildman–Crippen LogP) is 2.58. The third-order valence-electron chi connectivity index (χ3n) is 4.50. The molecule has 1 aliphatic rings. The SMILES string of the molecule is OC[C@@]1(c2ncnc3scc(-c4ccccc4)c23)CCNC1. The van der Waals surface area contributed by atoms with Crippen molar-refractivity contribution in [2.45, 2.75) is 11.8 Å². The Bertz CT molecular complexity index is 794. The lowest BCUT2D eigenvalue weighted by Gasteiger charge is -2.25. The zero-order valence-corrected chi connectivity index (χ0v) is 12.9. The van der Waals surface area contributed by atoms with Crippen molar-refractivity contribution in [3.63, 3.8) is 0 Å². The van der Waals surface area contributed by atoms with Gasteiger partial charge in [0.15, 0.2) is 0 Å². The monoisotopic (exact) mass is 311 g/mol. The number of fused-ring (bicyclic) bond motifs is 1. The Morgan fingerprint density at radius 2 is 2.09 bits per heavy atom. The maximum absolute atomic E-state index is 10.0. The van der Waals surface area contributed by atoms with Gasteiger partial charge in [-0.1, -0.05) is 30.3 Å². The van der Waals surface area contributed by atoms with Crippen LogP contribution in [0.25, 0.3) is 21.3 Å². The van der Waals surface area contributed by atoms with Crippen molar-refractivity contribution < 1.29 is 5.11 Å². The van der Waals surface area contributed by atoms with E-state index in [9.17, 15) is 5.11 Å². The molecule has 0 aliphatic carbocycles. The van der Waals surface area contributed by atoms with Crippen LogP contribution >= 0.6 is 11.3 Å². The number of rotatable bonds is 3. The quantitative estimate of drug-likeness (QED) is 0.780. The van der Waals surface area contributed by atoms with Crippen LogP contribution in [-0.2, 0) is 5.41 Å². The Kier molecular flexibility index (Phi) is 3.41. The molecule has 22 heavy (non-hydrogen) atoms. The Morgan fingerprint density at radius 3 is 2.82 bits per heavy atom. The molecule has 1 fully saturated rings. The van der Waals surface area contributed by atoms with Crippen LogP contribution in [0.5, 0.6) is 0 Å². The van der Waals surface area contributed by atoms with Crippen LogP contribution in [0.3, 0.4) is 0 Å². The van der Waals surface area contributed by atoms with Crippen molar-refractivity contribution in [3.8, 4) is 11.1 Å². The minimum atomic E-state index is -0.300. The van der Waals surface area contributed by atoms with Gasteiger partial charge in [-0.2, -0.15) is 0 Å². The summed E-state index contributed by atoms with van der Waals surface area (Å²) < 4.78 is 0. The van der Waals surface area contributed by atoms with Gasteiger partial charge in [-0.15, -0.1) is 11.3 Å². The molecule has 112 valence electrons. The topological polar surface area (TPSA) is 58.0 Å². The summed E-state index contributed by atoms with van der Waals surface area (Å²) in [5, 5.41) is 16.6. The first-order valence-corrected chi connectivity index (χ1v) is 8.32. The van der Waals surface area contributed by atoms with E-state index < -0.39 is 0 Å². The number of nitrogens with one attached hydrogen (secondary N) is 1. The molecule has 0 saturated carbocycles. The van der Waals surface area contributed by atoms with Crippen LogP contribution in [0.1, 0.15) is 12.1 Å². The molecule has 2 N–H and O–H groups in total. The van der Waals surface area contributed by atoms with Crippen molar-refractivity contribution in [1.82, 2.24) is 15.3 Å². The van der Waals surface area contributed by atoms with Gasteiger partial charge in [0.2, 0.25) is 0 Å². The van der Waals surface area contributed by atoms with Gasteiger partial charge in [-0.05, 0) is 18.5 Å². The van der Waals surface area contributed by atoms with Gasteiger partial charge < -0.3 is 10.4 Å². The zero-order chi connectivity index (χ0) is 15.0. The average Bonchev–Trinajstić information content (AvgIpc) is 3.23. The molecule has 3 aromatic rings. The van der Waals surface area contributed by atoms with Crippen molar-refractivity contribution in [3.05, 3.63) is 47.7 Å². The van der Waals surface area contributed by atoms with E-state index in [-0.39, 0.29) is 12.0 Å². The fourth-order valence-electron chi connectivity index (χ4n) is 3.26. The first kappa shape index (κ1) is 13.8. The van der Waals surface area contributed by atoms with Crippen LogP contribution in [-0.4, -0.2) is 34.8 Å². The van der Waals surface area contributed by atoms with E-state index >= 15 is 0 Å². The van der Waals surface area contributed by atoms with E-state index in [2.05, 4.69) is 32.8 Å². The lowest BCUT2D eigenvalue weighted by atomic mass is 9.82. The molecule has 1 aromatic carbocycles. The largest absolute Gasteiger partial charge is 0.395 e. The molecule has 1 saturated heterocycles. The predicted molar refractivity (Wildman–Crippen MR) is 89.1 cm³/mol. The molecule has 2 aromatic heterocycles. The summed E-state index contributed by atoms with van der Waals surface area (Å²) in [7, 11) is 0. The molecule has 3 heterocycles. The van der Waals surface area contributed by atoms with E-state index in [4.69, 9.17) is 0 Å². The molecule has 4 rings (SSSR count). The van der Waals surface area contributed by atoms with Crippen molar-refractivity contribution in [2.24, 2.45) is 0 Å². The highest BCUT2D eigenvalue weighted by Gasteiger charge is 2.38. The maximum atomic E-state index is 10.0. The number of hydrogen-bond acceptors (Lipinski definition) is 5. The van der Waals surface area contributed by atoms with Crippen LogP contribution < -0.4 is 5.32 Å². The standard InChI is InChI=1S/C17H17N3OS/c21-10-17(6-7-18-9-17)15-14-13(12-4-2-1-3-5-12)8-22-16(14)20-11-19-15/h1-5,8,11,18,21H,6-7,9-10H2/t17-/m1/s1. The van der Waals surface area contributed by atoms with Crippen molar-refractivity contribution >= 4 is 21.6 Å². The maximum Gasteiger partial charge on any atom is 0.127 e. The van der Waals surface area contributed by atoms with Crippen LogP contribution in [0, 0.1) is 0 Å². The molecular weight excluding hydrogens is 294 g/mol. The Balaban J connectivity index is 1.98. The minimum Gasteiger partial charge on any atom is -0.395 e. The number of hydrogen-bond donors (Lipinski definition) is 2. The number of benzene rings is 1. The Morgan fingerprint density at radius 1 is 1.23 bits per heavy atom. The van der Waals surface area contributed by atoms with E-state index in [1.54, 1.807) is 17.7 Å². The zero-order valence-electron chi connectivity index (χ0n) is 12.1. The third-order valence-corrected chi connectivity index (χ3v) is 5.39. The molecule has 1 atom stereocenters. The van der Waals surface area contributed by atoms with Gasteiger partial charge in [0.1, 0.15) is 11.2 Å². The molecule has 0 amide bonds. The minimum absolute atomic E-state index is 0.107. The number of nitrogens with zero attached hydrogens (tertiary/aromatic N) is 2. The third kappa shape index (κ3) is 2.05. The summed E-state index contributed by atoms with van der Waals surface area (Å²) in [6.45, 7) is 1.78. The number of thiophene rings is 1. The lowest BCUT2D eigenvalue weighted by Crippen LogP contribution is -2.34. The number of aliphatic hydroxyl groups is 1. The van der Waals surface area contributed by atoms with Gasteiger partial charge >= 0.3 is 0 Å². The van der Waals surface area contributed by atoms with Gasteiger partial charge in [0.05, 0.1) is 17.7 Å². The Labute approximate surface area is 132 Å². The summed E-state index contributed by atoms with van der Waals surface area (Å²) in [4.78, 5) is 10.0. The van der Waals surface area contributed by atoms with E-state index in [0.717, 1.165) is 41.0 Å². The van der Waals surface area contributed by atoms with Gasteiger partial charge in [-0.3, -0.25) is 0 Å². The van der Waals surface area contributed by atoms with E-state index in [1.807, 2.05) is 18.2 Å². The van der Waals surface area contributed by atoms with E-state index in [1.165, 1.54) is 5.56 Å². The second-order valence-corrected chi connectivity index (χ2v) is 6.64. The second-order valence-electron chi connectivity index (χ2n) is 5.78. The summed E-state index contributed by atoms with van der Waals surface area (Å²) in [5.41, 5.74) is 3.01. The van der Waals surface area contributed by atoms with Crippen LogP contribution in [0.4, 0.5) is 0 Å². The average molecular weight is 311 g/mol. The molecule has 0 spiro atoms. The summed E-state index contributed by atoms with van der Waals surface area (Å²) in [6.07, 6.45) is 2.53. The first-order chi connectivity index (χ1) is 10.8. The molecular formula is C17H17N3OS. The number of aliphatic hydroxyl groups excluding tert-OH is 1. The highest BCUT2D eigenvalue weighted by Crippen LogP contribution is 2.40. The molecule has 0 bridgehead atoms. The van der Waals surface area contributed by atoms with Crippen molar-refractivity contribution in [2.75, 3.05) is 19.7 Å². The number of aromatic nitrogens is 2. The summed E-state index contributed by atoms with van der Waals surface area (Å²) in [5.74, 6) is 0. The highest BCUT2D eigenvalue weighted by atomic mass is 32.1. The molecule has 0 radical (unpaired) electrons. The summed E-state index contributed by atoms with van der Waals surface area (Å²) in [6, 6.07) is 10.3. The van der Waals surface area contributed by atoms with Gasteiger partial charge in [0.25, 0.3) is 0 Å². The highest BCUT2D eigenvalue weighted by molar-refractivity contribution is 7.17. The van der Waals surface area contributed by atoms with Crippen LogP contribution in [0.2, 0.25) is 0 Å². The van der Waals surface area contributed by atoms with Gasteiger partial charge in [-0.25, -0.2) is 9.97 Å². The Hall–Kier alpha value is -1.82. The van der Waals surface area contributed by atoms with Gasteiger partial charge in [0, 0.05) is 22.9 Å². The first-order valence-electron chi connectivity index (χ1n) is 7.44. The summed E-state index contributed by atoms with van der Waals surface area (Å²) >= 11 is 1.64. The van der Waals surface area contributed by atoms with Crippen molar-refractivity contribution in [1.29, 1.82) is 0 Å². The molecule has 4 nitrogen and oxygen atoms in total. The second kappa shape index (κ2) is 5.43. The normalized spacial score (nSPS) is 21.5. The molecule has 0 unspecified atom stereocenters. The van der Waals surface area contributed by atoms with E-state index in [0.29, 0.717) is 0 Å². The lowest BCUT2D eigenvalue weighted by molar-refractivity contribution is 0.203. The fourth-order valence-corrected chi connectivity index (χ4v) is 4.18. The molecule has 1 aliphatic heterocycles. The molecule has 5 heteroatoms.